The highest BCUT2D eigenvalue weighted by atomic mass is 19.1. The van der Waals surface area contributed by atoms with E-state index >= 15 is 0 Å². The first-order valence-corrected chi connectivity index (χ1v) is 13.5. The Morgan fingerprint density at radius 1 is 0.950 bits per heavy atom. The highest BCUT2D eigenvalue weighted by molar-refractivity contribution is 6.05. The molecular formula is C30H30FN5O4. The quantitative estimate of drug-likeness (QED) is 0.458. The van der Waals surface area contributed by atoms with Gasteiger partial charge in [0.15, 0.2) is 0 Å². The van der Waals surface area contributed by atoms with Gasteiger partial charge in [0.25, 0.3) is 5.91 Å². The van der Waals surface area contributed by atoms with Gasteiger partial charge < -0.3 is 14.5 Å². The number of nitrogens with one attached hydrogen (secondary N) is 1. The summed E-state index contributed by atoms with van der Waals surface area (Å²) in [7, 11) is 0. The van der Waals surface area contributed by atoms with Crippen LogP contribution in [0, 0.1) is 5.82 Å². The number of hydrogen-bond acceptors (Lipinski definition) is 7. The number of imide groups is 1. The number of aromatic nitrogens is 1. The number of hydrogen-bond donors (Lipinski definition) is 1. The number of piperazine rings is 1. The molecule has 1 N–H and O–H groups in total. The van der Waals surface area contributed by atoms with Crippen LogP contribution in [0.4, 0.5) is 10.2 Å². The van der Waals surface area contributed by atoms with Gasteiger partial charge in [0.1, 0.15) is 30.0 Å². The lowest BCUT2D eigenvalue weighted by molar-refractivity contribution is -0.136. The number of anilines is 1. The maximum absolute atomic E-state index is 13.2. The molecule has 0 aliphatic carbocycles. The number of rotatable bonds is 7. The van der Waals surface area contributed by atoms with Crippen molar-refractivity contribution in [3.05, 3.63) is 88.9 Å². The Morgan fingerprint density at radius 3 is 2.45 bits per heavy atom. The van der Waals surface area contributed by atoms with Gasteiger partial charge in [-0.25, -0.2) is 9.37 Å². The summed E-state index contributed by atoms with van der Waals surface area (Å²) in [6.45, 7) is 4.96. The minimum Gasteiger partial charge on any atom is -0.489 e. The number of halogens is 1. The summed E-state index contributed by atoms with van der Waals surface area (Å²) in [6, 6.07) is 16.2. The van der Waals surface area contributed by atoms with Crippen molar-refractivity contribution >= 4 is 23.5 Å². The summed E-state index contributed by atoms with van der Waals surface area (Å²) in [5, 5.41) is 2.33. The van der Waals surface area contributed by atoms with Gasteiger partial charge in [0.2, 0.25) is 11.8 Å². The van der Waals surface area contributed by atoms with Crippen molar-refractivity contribution in [2.24, 2.45) is 0 Å². The molecule has 0 spiro atoms. The molecule has 206 valence electrons. The monoisotopic (exact) mass is 543 g/mol. The summed E-state index contributed by atoms with van der Waals surface area (Å²) in [4.78, 5) is 47.2. The summed E-state index contributed by atoms with van der Waals surface area (Å²) in [5.41, 5.74) is 3.53. The van der Waals surface area contributed by atoms with Crippen LogP contribution in [0.25, 0.3) is 0 Å². The van der Waals surface area contributed by atoms with Crippen LogP contribution < -0.4 is 15.0 Å². The van der Waals surface area contributed by atoms with Gasteiger partial charge in [-0.1, -0.05) is 30.3 Å². The lowest BCUT2D eigenvalue weighted by Crippen LogP contribution is -2.52. The first-order valence-electron chi connectivity index (χ1n) is 13.5. The predicted octanol–water partition coefficient (Wildman–Crippen LogP) is 2.88. The Morgan fingerprint density at radius 2 is 1.73 bits per heavy atom. The third kappa shape index (κ3) is 5.40. The maximum atomic E-state index is 13.2. The lowest BCUT2D eigenvalue weighted by atomic mass is 10.0. The fourth-order valence-corrected chi connectivity index (χ4v) is 5.54. The smallest absolute Gasteiger partial charge is 0.255 e. The molecule has 0 radical (unpaired) electrons. The van der Waals surface area contributed by atoms with E-state index in [1.54, 1.807) is 18.2 Å². The second-order valence-corrected chi connectivity index (χ2v) is 10.4. The fraction of sp³-hybridized carbons (Fsp3) is 0.333. The summed E-state index contributed by atoms with van der Waals surface area (Å²) >= 11 is 0. The molecule has 6 rings (SSSR count). The zero-order chi connectivity index (χ0) is 27.6. The molecule has 9 nitrogen and oxygen atoms in total. The van der Waals surface area contributed by atoms with Gasteiger partial charge >= 0.3 is 0 Å². The third-order valence-electron chi connectivity index (χ3n) is 7.77. The largest absolute Gasteiger partial charge is 0.489 e. The van der Waals surface area contributed by atoms with Gasteiger partial charge in [-0.05, 0) is 41.8 Å². The van der Waals surface area contributed by atoms with Gasteiger partial charge in [0, 0.05) is 50.3 Å². The topological polar surface area (TPSA) is 95.1 Å². The van der Waals surface area contributed by atoms with Crippen molar-refractivity contribution in [3.63, 3.8) is 0 Å². The molecule has 3 amide bonds. The second kappa shape index (κ2) is 11.1. The van der Waals surface area contributed by atoms with Crippen LogP contribution in [0.1, 0.15) is 39.9 Å². The van der Waals surface area contributed by atoms with Crippen LogP contribution in [0.15, 0.2) is 60.8 Å². The molecule has 2 fully saturated rings. The Balaban J connectivity index is 1.03. The molecule has 1 aromatic heterocycles. The summed E-state index contributed by atoms with van der Waals surface area (Å²) in [6.07, 6.45) is 1.81. The van der Waals surface area contributed by atoms with Crippen molar-refractivity contribution in [2.75, 3.05) is 31.1 Å². The molecule has 10 heteroatoms. The number of fused-ring (bicyclic) bond motifs is 1. The van der Waals surface area contributed by atoms with E-state index in [1.807, 2.05) is 6.07 Å². The Kier molecular flexibility index (Phi) is 7.17. The Bertz CT molecular complexity index is 1420. The van der Waals surface area contributed by atoms with E-state index in [4.69, 9.17) is 4.74 Å². The molecule has 40 heavy (non-hydrogen) atoms. The average molecular weight is 544 g/mol. The van der Waals surface area contributed by atoms with E-state index in [-0.39, 0.29) is 30.6 Å². The molecule has 3 aliphatic heterocycles. The van der Waals surface area contributed by atoms with Gasteiger partial charge in [-0.3, -0.25) is 24.6 Å². The second-order valence-electron chi connectivity index (χ2n) is 10.4. The van der Waals surface area contributed by atoms with Crippen molar-refractivity contribution in [1.29, 1.82) is 0 Å². The number of pyridine rings is 1. The standard InChI is InChI=1S/C30H30FN5O4/c31-22-8-10-27(32-16-22)35-14-12-34(13-15-35)17-20-4-6-21(7-5-20)19-40-26-3-1-2-23-24(26)18-36(30(23)39)25-9-11-28(37)33-29(25)38/h1-8,10,16,25H,9,11-15,17-19H2,(H,33,37,38). The van der Waals surface area contributed by atoms with Crippen molar-refractivity contribution in [1.82, 2.24) is 20.1 Å². The number of nitrogens with zero attached hydrogens (tertiary/aromatic N) is 4. The van der Waals surface area contributed by atoms with E-state index in [1.165, 1.54) is 22.7 Å². The van der Waals surface area contributed by atoms with Crippen LogP contribution in [-0.4, -0.2) is 64.7 Å². The van der Waals surface area contributed by atoms with E-state index in [0.717, 1.165) is 49.7 Å². The summed E-state index contributed by atoms with van der Waals surface area (Å²) < 4.78 is 19.3. The molecule has 0 saturated carbocycles. The number of amides is 3. The molecule has 1 atom stereocenters. The van der Waals surface area contributed by atoms with E-state index < -0.39 is 11.9 Å². The number of carbonyl (C=O) groups is 3. The predicted molar refractivity (Wildman–Crippen MR) is 145 cm³/mol. The van der Waals surface area contributed by atoms with Crippen LogP contribution in [-0.2, 0) is 29.3 Å². The Labute approximate surface area is 231 Å². The van der Waals surface area contributed by atoms with Crippen molar-refractivity contribution in [3.8, 4) is 5.75 Å². The molecule has 3 aromatic rings. The summed E-state index contributed by atoms with van der Waals surface area (Å²) in [5.74, 6) is 0.166. The van der Waals surface area contributed by atoms with Crippen LogP contribution in [0.3, 0.4) is 0 Å². The first-order chi connectivity index (χ1) is 19.4. The van der Waals surface area contributed by atoms with Crippen LogP contribution in [0.2, 0.25) is 0 Å². The molecule has 2 aromatic carbocycles. The minimum absolute atomic E-state index is 0.214. The molecule has 3 aliphatic rings. The zero-order valence-corrected chi connectivity index (χ0v) is 22.0. The highest BCUT2D eigenvalue weighted by Gasteiger charge is 2.40. The molecule has 0 bridgehead atoms. The first kappa shape index (κ1) is 25.9. The SMILES string of the molecule is O=C1CCC(N2Cc3c(OCc4ccc(CN5CCN(c6ccc(F)cn6)CC5)cc4)cccc3C2=O)C(=O)N1. The average Bonchev–Trinajstić information content (AvgIpc) is 3.30. The van der Waals surface area contributed by atoms with Gasteiger partial charge in [-0.2, -0.15) is 0 Å². The van der Waals surface area contributed by atoms with Crippen molar-refractivity contribution < 1.29 is 23.5 Å². The van der Waals surface area contributed by atoms with E-state index in [9.17, 15) is 18.8 Å². The minimum atomic E-state index is -0.652. The zero-order valence-electron chi connectivity index (χ0n) is 22.0. The van der Waals surface area contributed by atoms with Crippen LogP contribution >= 0.6 is 0 Å². The van der Waals surface area contributed by atoms with E-state index in [2.05, 4.69) is 44.4 Å². The maximum Gasteiger partial charge on any atom is 0.255 e. The Hall–Kier alpha value is -4.31. The molecular weight excluding hydrogens is 513 g/mol. The number of carbonyl (C=O) groups excluding carboxylic acids is 3. The van der Waals surface area contributed by atoms with Crippen LogP contribution in [0.5, 0.6) is 5.75 Å². The number of benzene rings is 2. The normalized spacial score (nSPS) is 19.5. The third-order valence-corrected chi connectivity index (χ3v) is 7.77. The molecule has 2 saturated heterocycles. The molecule has 1 unspecified atom stereocenters. The van der Waals surface area contributed by atoms with Gasteiger partial charge in [0.05, 0.1) is 12.7 Å². The fourth-order valence-electron chi connectivity index (χ4n) is 5.54. The number of ether oxygens (including phenoxy) is 1. The highest BCUT2D eigenvalue weighted by Crippen LogP contribution is 2.34. The molecule has 4 heterocycles. The number of piperidine rings is 1. The van der Waals surface area contributed by atoms with E-state index in [0.29, 0.717) is 24.3 Å². The van der Waals surface area contributed by atoms with Crippen molar-refractivity contribution in [2.45, 2.75) is 38.6 Å². The van der Waals surface area contributed by atoms with Gasteiger partial charge in [-0.15, -0.1) is 0 Å². The lowest BCUT2D eigenvalue weighted by Gasteiger charge is -2.35.